The van der Waals surface area contributed by atoms with Crippen molar-refractivity contribution in [3.8, 4) is 11.5 Å². The van der Waals surface area contributed by atoms with E-state index < -0.39 is 18.5 Å². The summed E-state index contributed by atoms with van der Waals surface area (Å²) in [6, 6.07) is 14.9. The van der Waals surface area contributed by atoms with Gasteiger partial charge in [0.15, 0.2) is 6.61 Å². The highest BCUT2D eigenvalue weighted by atomic mass is 16.5. The highest BCUT2D eigenvalue weighted by Gasteiger charge is 2.10. The molecule has 0 unspecified atom stereocenters. The van der Waals surface area contributed by atoms with Gasteiger partial charge in [-0.15, -0.1) is 0 Å². The molecule has 1 N–H and O–H groups in total. The van der Waals surface area contributed by atoms with Crippen LogP contribution >= 0.6 is 0 Å². The molecule has 160 valence electrons. The van der Waals surface area contributed by atoms with Crippen LogP contribution in [-0.2, 0) is 20.9 Å². The molecule has 0 saturated carbocycles. The minimum absolute atomic E-state index is 0.425. The standard InChI is InChI=1S/C23H23N3O5/c1-29-19-9-10-20(21(12-19)30-2)25-22(27)16-31-23(28)11-8-18-13-24-26(15-18)14-17-6-4-3-5-7-17/h3-13,15H,14,16H2,1-2H3,(H,25,27)/b11-8+. The number of carbonyl (C=O) groups is 2. The van der Waals surface area contributed by atoms with E-state index in [-0.39, 0.29) is 0 Å². The number of hydrogen-bond acceptors (Lipinski definition) is 6. The van der Waals surface area contributed by atoms with Crippen LogP contribution in [0.3, 0.4) is 0 Å². The molecule has 3 aromatic rings. The predicted octanol–water partition coefficient (Wildman–Crippen LogP) is 3.14. The maximum absolute atomic E-state index is 12.1. The summed E-state index contributed by atoms with van der Waals surface area (Å²) >= 11 is 0. The molecule has 0 atom stereocenters. The summed E-state index contributed by atoms with van der Waals surface area (Å²) in [5, 5.41) is 6.90. The van der Waals surface area contributed by atoms with Gasteiger partial charge in [-0.05, 0) is 23.8 Å². The largest absolute Gasteiger partial charge is 0.497 e. The molecular formula is C23H23N3O5. The Bertz CT molecular complexity index is 1060. The summed E-state index contributed by atoms with van der Waals surface area (Å²) in [4.78, 5) is 24.0. The molecule has 0 saturated heterocycles. The summed E-state index contributed by atoms with van der Waals surface area (Å²) in [6.07, 6.45) is 6.31. The SMILES string of the molecule is COc1ccc(NC(=O)COC(=O)/C=C/c2cnn(Cc3ccccc3)c2)c(OC)c1. The zero-order chi connectivity index (χ0) is 22.1. The van der Waals surface area contributed by atoms with Crippen LogP contribution < -0.4 is 14.8 Å². The molecule has 1 aromatic heterocycles. The minimum atomic E-state index is -0.632. The van der Waals surface area contributed by atoms with Crippen LogP contribution in [0.5, 0.6) is 11.5 Å². The molecule has 8 nitrogen and oxygen atoms in total. The molecule has 0 aliphatic heterocycles. The van der Waals surface area contributed by atoms with Crippen LogP contribution in [0.2, 0.25) is 0 Å². The zero-order valence-electron chi connectivity index (χ0n) is 17.3. The number of hydrogen-bond donors (Lipinski definition) is 1. The Labute approximate surface area is 180 Å². The summed E-state index contributed by atoms with van der Waals surface area (Å²) in [7, 11) is 3.02. The number of benzene rings is 2. The molecule has 2 aromatic carbocycles. The molecule has 0 bridgehead atoms. The van der Waals surface area contributed by atoms with E-state index in [4.69, 9.17) is 14.2 Å². The minimum Gasteiger partial charge on any atom is -0.497 e. The second kappa shape index (κ2) is 10.6. The molecule has 8 heteroatoms. The lowest BCUT2D eigenvalue weighted by Gasteiger charge is -2.11. The first kappa shape index (κ1) is 21.6. The normalized spacial score (nSPS) is 10.6. The smallest absolute Gasteiger partial charge is 0.331 e. The molecule has 0 fully saturated rings. The second-order valence-electron chi connectivity index (χ2n) is 6.51. The number of aromatic nitrogens is 2. The van der Waals surface area contributed by atoms with Crippen molar-refractivity contribution in [3.63, 3.8) is 0 Å². The van der Waals surface area contributed by atoms with Gasteiger partial charge in [-0.1, -0.05) is 30.3 Å². The van der Waals surface area contributed by atoms with E-state index in [0.29, 0.717) is 23.7 Å². The average molecular weight is 421 g/mol. The third-order valence-corrected chi connectivity index (χ3v) is 4.28. The lowest BCUT2D eigenvalue weighted by atomic mass is 10.2. The Morgan fingerprint density at radius 2 is 1.90 bits per heavy atom. The van der Waals surface area contributed by atoms with Crippen molar-refractivity contribution >= 4 is 23.6 Å². The summed E-state index contributed by atoms with van der Waals surface area (Å²) < 4.78 is 17.1. The van der Waals surface area contributed by atoms with Crippen molar-refractivity contribution in [1.29, 1.82) is 0 Å². The summed E-state index contributed by atoms with van der Waals surface area (Å²) in [5.74, 6) is -0.0847. The maximum atomic E-state index is 12.1. The van der Waals surface area contributed by atoms with Gasteiger partial charge in [0.25, 0.3) is 5.91 Å². The van der Waals surface area contributed by atoms with E-state index in [9.17, 15) is 9.59 Å². The number of ether oxygens (including phenoxy) is 3. The molecule has 1 heterocycles. The Hall–Kier alpha value is -4.07. The number of amides is 1. The van der Waals surface area contributed by atoms with Crippen molar-refractivity contribution in [1.82, 2.24) is 9.78 Å². The third kappa shape index (κ3) is 6.46. The van der Waals surface area contributed by atoms with Crippen molar-refractivity contribution < 1.29 is 23.8 Å². The quantitative estimate of drug-likeness (QED) is 0.422. The van der Waals surface area contributed by atoms with Crippen molar-refractivity contribution in [2.75, 3.05) is 26.1 Å². The molecular weight excluding hydrogens is 398 g/mol. The lowest BCUT2D eigenvalue weighted by Crippen LogP contribution is -2.20. The Morgan fingerprint density at radius 3 is 2.65 bits per heavy atom. The van der Waals surface area contributed by atoms with Gasteiger partial charge in [0.2, 0.25) is 0 Å². The number of rotatable bonds is 9. The van der Waals surface area contributed by atoms with Crippen LogP contribution in [0.4, 0.5) is 5.69 Å². The van der Waals surface area contributed by atoms with Gasteiger partial charge < -0.3 is 19.5 Å². The summed E-state index contributed by atoms with van der Waals surface area (Å²) in [6.45, 7) is 0.208. The van der Waals surface area contributed by atoms with Crippen molar-refractivity contribution in [2.45, 2.75) is 6.54 Å². The van der Waals surface area contributed by atoms with Gasteiger partial charge in [-0.2, -0.15) is 5.10 Å². The van der Waals surface area contributed by atoms with Crippen LogP contribution in [0.15, 0.2) is 67.0 Å². The second-order valence-corrected chi connectivity index (χ2v) is 6.51. The highest BCUT2D eigenvalue weighted by molar-refractivity contribution is 5.95. The van der Waals surface area contributed by atoms with E-state index in [1.807, 2.05) is 36.5 Å². The van der Waals surface area contributed by atoms with Gasteiger partial charge in [-0.25, -0.2) is 4.79 Å². The first-order chi connectivity index (χ1) is 15.1. The number of nitrogens with one attached hydrogen (secondary N) is 1. The predicted molar refractivity (Wildman–Crippen MR) is 116 cm³/mol. The molecule has 31 heavy (non-hydrogen) atoms. The Balaban J connectivity index is 1.48. The average Bonchev–Trinajstić information content (AvgIpc) is 3.24. The fourth-order valence-electron chi connectivity index (χ4n) is 2.76. The van der Waals surface area contributed by atoms with E-state index in [2.05, 4.69) is 10.4 Å². The molecule has 1 amide bonds. The lowest BCUT2D eigenvalue weighted by molar-refractivity contribution is -0.142. The van der Waals surface area contributed by atoms with Crippen LogP contribution in [-0.4, -0.2) is 42.5 Å². The zero-order valence-corrected chi connectivity index (χ0v) is 17.3. The van der Waals surface area contributed by atoms with E-state index in [1.165, 1.54) is 20.3 Å². The van der Waals surface area contributed by atoms with Gasteiger partial charge in [0, 0.05) is 23.9 Å². The van der Waals surface area contributed by atoms with E-state index in [0.717, 1.165) is 11.1 Å². The third-order valence-electron chi connectivity index (χ3n) is 4.28. The molecule has 0 radical (unpaired) electrons. The fraction of sp³-hybridized carbons (Fsp3) is 0.174. The molecule has 3 rings (SSSR count). The van der Waals surface area contributed by atoms with Gasteiger partial charge in [0.1, 0.15) is 11.5 Å². The number of carbonyl (C=O) groups excluding carboxylic acids is 2. The Kier molecular flexibility index (Phi) is 7.42. The fourth-order valence-corrected chi connectivity index (χ4v) is 2.76. The van der Waals surface area contributed by atoms with Gasteiger partial charge in [-0.3, -0.25) is 9.48 Å². The van der Waals surface area contributed by atoms with Crippen molar-refractivity contribution in [2.24, 2.45) is 0 Å². The van der Waals surface area contributed by atoms with Gasteiger partial charge in [0.05, 0.1) is 32.6 Å². The molecule has 0 aliphatic rings. The van der Waals surface area contributed by atoms with Crippen LogP contribution in [0.1, 0.15) is 11.1 Å². The van der Waals surface area contributed by atoms with Crippen LogP contribution in [0.25, 0.3) is 6.08 Å². The number of esters is 1. The number of anilines is 1. The number of methoxy groups -OCH3 is 2. The highest BCUT2D eigenvalue weighted by Crippen LogP contribution is 2.28. The Morgan fingerprint density at radius 1 is 1.10 bits per heavy atom. The first-order valence-corrected chi connectivity index (χ1v) is 9.50. The first-order valence-electron chi connectivity index (χ1n) is 9.50. The molecule has 0 aliphatic carbocycles. The van der Waals surface area contributed by atoms with Gasteiger partial charge >= 0.3 is 5.97 Å². The maximum Gasteiger partial charge on any atom is 0.331 e. The number of nitrogens with zero attached hydrogens (tertiary/aromatic N) is 2. The van der Waals surface area contributed by atoms with E-state index >= 15 is 0 Å². The monoisotopic (exact) mass is 421 g/mol. The summed E-state index contributed by atoms with van der Waals surface area (Å²) in [5.41, 5.74) is 2.33. The topological polar surface area (TPSA) is 91.7 Å². The van der Waals surface area contributed by atoms with Crippen molar-refractivity contribution in [3.05, 3.63) is 78.1 Å². The molecule has 0 spiro atoms. The van der Waals surface area contributed by atoms with Crippen LogP contribution in [0, 0.1) is 0 Å². The van der Waals surface area contributed by atoms with E-state index in [1.54, 1.807) is 35.2 Å².